The molecule has 0 spiro atoms. The lowest BCUT2D eigenvalue weighted by Crippen LogP contribution is -2.34. The molecule has 1 aliphatic rings. The quantitative estimate of drug-likeness (QED) is 0.577. The van der Waals surface area contributed by atoms with E-state index in [2.05, 4.69) is 41.8 Å². The van der Waals surface area contributed by atoms with E-state index in [4.69, 9.17) is 0 Å². The summed E-state index contributed by atoms with van der Waals surface area (Å²) >= 11 is 6.70. The molecule has 3 heterocycles. The van der Waals surface area contributed by atoms with Crippen LogP contribution in [0.25, 0.3) is 16.6 Å². The molecule has 0 atom stereocenters. The average molecular weight is 497 g/mol. The second-order valence-corrected chi connectivity index (χ2v) is 9.70. The molecule has 2 aromatic heterocycles. The van der Waals surface area contributed by atoms with Crippen molar-refractivity contribution in [3.8, 4) is 0 Å². The van der Waals surface area contributed by atoms with Crippen molar-refractivity contribution in [2.75, 3.05) is 13.1 Å². The topological polar surface area (TPSA) is 66.1 Å². The van der Waals surface area contributed by atoms with Crippen molar-refractivity contribution in [3.63, 3.8) is 0 Å². The minimum absolute atomic E-state index is 0.278. The van der Waals surface area contributed by atoms with Gasteiger partial charge in [0.2, 0.25) is 10.0 Å². The zero-order valence-electron chi connectivity index (χ0n) is 13.6. The molecular formula is C18H15Br2N3O2S. The van der Waals surface area contributed by atoms with Crippen molar-refractivity contribution in [1.29, 1.82) is 0 Å². The van der Waals surface area contributed by atoms with Crippen molar-refractivity contribution < 1.29 is 8.42 Å². The first-order valence-electron chi connectivity index (χ1n) is 8.03. The van der Waals surface area contributed by atoms with Gasteiger partial charge in [0.1, 0.15) is 5.65 Å². The van der Waals surface area contributed by atoms with Gasteiger partial charge in [-0.15, -0.1) is 0 Å². The molecule has 0 fully saturated rings. The number of fused-ring (bicyclic) bond motifs is 1. The number of benzene rings is 1. The van der Waals surface area contributed by atoms with Crippen LogP contribution in [-0.2, 0) is 10.0 Å². The van der Waals surface area contributed by atoms with E-state index in [9.17, 15) is 8.42 Å². The SMILES string of the molecule is O=S(=O)(c1cc(Br)ccc1Br)N1CC=C(c2c[nH]c3ncccc23)CC1. The summed E-state index contributed by atoms with van der Waals surface area (Å²) in [5.41, 5.74) is 3.08. The number of rotatable bonds is 3. The van der Waals surface area contributed by atoms with Gasteiger partial charge in [-0.1, -0.05) is 22.0 Å². The Morgan fingerprint density at radius 3 is 2.81 bits per heavy atom. The van der Waals surface area contributed by atoms with Gasteiger partial charge in [-0.3, -0.25) is 0 Å². The first-order chi connectivity index (χ1) is 12.5. The van der Waals surface area contributed by atoms with Gasteiger partial charge >= 0.3 is 0 Å². The Balaban J connectivity index is 1.64. The number of aromatic amines is 1. The van der Waals surface area contributed by atoms with Crippen molar-refractivity contribution in [2.45, 2.75) is 11.3 Å². The molecule has 1 aromatic carbocycles. The summed E-state index contributed by atoms with van der Waals surface area (Å²) in [7, 11) is -3.56. The number of sulfonamides is 1. The summed E-state index contributed by atoms with van der Waals surface area (Å²) in [5.74, 6) is 0. The minimum atomic E-state index is -3.56. The van der Waals surface area contributed by atoms with Gasteiger partial charge in [-0.05, 0) is 58.3 Å². The van der Waals surface area contributed by atoms with Crippen molar-refractivity contribution in [1.82, 2.24) is 14.3 Å². The number of hydrogen-bond donors (Lipinski definition) is 1. The monoisotopic (exact) mass is 495 g/mol. The normalized spacial score (nSPS) is 16.0. The summed E-state index contributed by atoms with van der Waals surface area (Å²) in [6.45, 7) is 0.795. The summed E-state index contributed by atoms with van der Waals surface area (Å²) < 4.78 is 28.8. The molecule has 1 aliphatic heterocycles. The Morgan fingerprint density at radius 2 is 2.04 bits per heavy atom. The average Bonchev–Trinajstić information content (AvgIpc) is 3.08. The molecule has 134 valence electrons. The fraction of sp³-hybridized carbons (Fsp3) is 0.167. The van der Waals surface area contributed by atoms with E-state index in [1.807, 2.05) is 30.5 Å². The lowest BCUT2D eigenvalue weighted by Gasteiger charge is -2.26. The number of H-pyrrole nitrogens is 1. The van der Waals surface area contributed by atoms with Crippen LogP contribution in [-0.4, -0.2) is 35.8 Å². The predicted molar refractivity (Wildman–Crippen MR) is 109 cm³/mol. The molecule has 4 rings (SSSR count). The lowest BCUT2D eigenvalue weighted by molar-refractivity contribution is 0.441. The number of aromatic nitrogens is 2. The van der Waals surface area contributed by atoms with Gasteiger partial charge in [0.05, 0.1) is 4.90 Å². The second kappa shape index (κ2) is 6.92. The van der Waals surface area contributed by atoms with Crippen LogP contribution in [0.3, 0.4) is 0 Å². The molecular weight excluding hydrogens is 482 g/mol. The zero-order valence-corrected chi connectivity index (χ0v) is 17.6. The van der Waals surface area contributed by atoms with E-state index in [1.54, 1.807) is 18.3 Å². The fourth-order valence-electron chi connectivity index (χ4n) is 3.15. The number of nitrogens with zero attached hydrogens (tertiary/aromatic N) is 2. The van der Waals surface area contributed by atoms with Gasteiger partial charge < -0.3 is 4.98 Å². The molecule has 0 bridgehead atoms. The second-order valence-electron chi connectivity index (χ2n) is 6.02. The molecule has 0 radical (unpaired) electrons. The van der Waals surface area contributed by atoms with Crippen LogP contribution < -0.4 is 0 Å². The third-order valence-electron chi connectivity index (χ3n) is 4.48. The molecule has 0 saturated carbocycles. The van der Waals surface area contributed by atoms with Crippen molar-refractivity contribution in [3.05, 3.63) is 63.3 Å². The highest BCUT2D eigenvalue weighted by atomic mass is 79.9. The maximum Gasteiger partial charge on any atom is 0.244 e. The Labute approximate surface area is 168 Å². The third kappa shape index (κ3) is 3.15. The zero-order chi connectivity index (χ0) is 18.3. The first kappa shape index (κ1) is 17.9. The van der Waals surface area contributed by atoms with Crippen LogP contribution in [0.15, 0.2) is 62.6 Å². The number of hydrogen-bond acceptors (Lipinski definition) is 3. The smallest absolute Gasteiger partial charge is 0.244 e. The Morgan fingerprint density at radius 1 is 1.19 bits per heavy atom. The van der Waals surface area contributed by atoms with Gasteiger partial charge in [0.25, 0.3) is 0 Å². The molecule has 8 heteroatoms. The lowest BCUT2D eigenvalue weighted by atomic mass is 10.0. The maximum absolute atomic E-state index is 13.0. The highest BCUT2D eigenvalue weighted by Crippen LogP contribution is 2.32. The molecule has 26 heavy (non-hydrogen) atoms. The van der Waals surface area contributed by atoms with Crippen LogP contribution in [0, 0.1) is 0 Å². The summed E-state index contributed by atoms with van der Waals surface area (Å²) in [4.78, 5) is 7.76. The van der Waals surface area contributed by atoms with E-state index in [-0.39, 0.29) is 4.90 Å². The molecule has 5 nitrogen and oxygen atoms in total. The number of halogens is 2. The van der Waals surface area contributed by atoms with Crippen molar-refractivity contribution in [2.24, 2.45) is 0 Å². The van der Waals surface area contributed by atoms with Crippen LogP contribution in [0.4, 0.5) is 0 Å². The molecule has 3 aromatic rings. The number of nitrogens with one attached hydrogen (secondary N) is 1. The highest BCUT2D eigenvalue weighted by molar-refractivity contribution is 9.11. The molecule has 0 saturated heterocycles. The van der Waals surface area contributed by atoms with E-state index < -0.39 is 10.0 Å². The molecule has 0 aliphatic carbocycles. The Kier molecular flexibility index (Phi) is 4.77. The molecule has 0 amide bonds. The van der Waals surface area contributed by atoms with E-state index in [0.29, 0.717) is 24.0 Å². The molecule has 1 N–H and O–H groups in total. The fourth-order valence-corrected chi connectivity index (χ4v) is 5.99. The van der Waals surface area contributed by atoms with Crippen LogP contribution in [0.5, 0.6) is 0 Å². The minimum Gasteiger partial charge on any atom is -0.346 e. The summed E-state index contributed by atoms with van der Waals surface area (Å²) in [5, 5.41) is 1.06. The largest absolute Gasteiger partial charge is 0.346 e. The van der Waals surface area contributed by atoms with Crippen molar-refractivity contribution >= 4 is 58.5 Å². The van der Waals surface area contributed by atoms with E-state index in [1.165, 1.54) is 4.31 Å². The van der Waals surface area contributed by atoms with Gasteiger partial charge in [0.15, 0.2) is 0 Å². The van der Waals surface area contributed by atoms with Gasteiger partial charge in [-0.25, -0.2) is 13.4 Å². The maximum atomic E-state index is 13.0. The summed E-state index contributed by atoms with van der Waals surface area (Å²) in [6, 6.07) is 9.11. The summed E-state index contributed by atoms with van der Waals surface area (Å²) in [6.07, 6.45) is 6.34. The predicted octanol–water partition coefficient (Wildman–Crippen LogP) is 4.57. The first-order valence-corrected chi connectivity index (χ1v) is 11.1. The van der Waals surface area contributed by atoms with Gasteiger partial charge in [-0.2, -0.15) is 4.31 Å². The van der Waals surface area contributed by atoms with E-state index >= 15 is 0 Å². The highest BCUT2D eigenvalue weighted by Gasteiger charge is 2.28. The Bertz CT molecular complexity index is 1120. The van der Waals surface area contributed by atoms with Crippen LogP contribution >= 0.6 is 31.9 Å². The van der Waals surface area contributed by atoms with Crippen LogP contribution in [0.1, 0.15) is 12.0 Å². The third-order valence-corrected chi connectivity index (χ3v) is 7.83. The van der Waals surface area contributed by atoms with Crippen LogP contribution in [0.2, 0.25) is 0 Å². The standard InChI is InChI=1S/C18H15Br2N3O2S/c19-13-3-4-16(20)17(10-13)26(24,25)23-8-5-12(6-9-23)15-11-22-18-14(15)2-1-7-21-18/h1-5,7,10-11H,6,8-9H2,(H,21,22). The number of pyridine rings is 1. The van der Waals surface area contributed by atoms with Gasteiger partial charge in [0, 0.05) is 45.4 Å². The Hall–Kier alpha value is -1.48. The molecule has 0 unspecified atom stereocenters. The van der Waals surface area contributed by atoms with E-state index in [0.717, 1.165) is 26.6 Å².